The van der Waals surface area contributed by atoms with Crippen LogP contribution in [0.4, 0.5) is 0 Å². The third kappa shape index (κ3) is 7.22. The maximum atomic E-state index is 4.49. The maximum absolute atomic E-state index is 4.49. The van der Waals surface area contributed by atoms with E-state index >= 15 is 0 Å². The largest absolute Gasteiger partial charge is 0.172 e. The molecule has 3 heterocycles. The number of aromatic nitrogens is 2. The maximum Gasteiger partial charge on any atom is 0.114 e. The van der Waals surface area contributed by atoms with E-state index in [2.05, 4.69) is 193 Å². The second-order valence-electron chi connectivity index (χ2n) is 14.8. The van der Waals surface area contributed by atoms with Gasteiger partial charge in [-0.25, -0.2) is 0 Å². The van der Waals surface area contributed by atoms with Crippen molar-refractivity contribution in [2.45, 2.75) is 53.4 Å². The van der Waals surface area contributed by atoms with Crippen LogP contribution >= 0.6 is 34.4 Å². The molecule has 0 saturated heterocycles. The lowest BCUT2D eigenvalue weighted by Crippen LogP contribution is -1.94. The van der Waals surface area contributed by atoms with Crippen LogP contribution in [0.25, 0.3) is 85.8 Å². The van der Waals surface area contributed by atoms with E-state index in [9.17, 15) is 0 Å². The van der Waals surface area contributed by atoms with E-state index in [1.165, 1.54) is 109 Å². The second kappa shape index (κ2) is 17.2. The Hall–Kier alpha value is -5.72. The minimum absolute atomic E-state index is 1.01. The summed E-state index contributed by atoms with van der Waals surface area (Å²) in [5.74, 6) is 0. The number of aryl methyl sites for hydroxylation is 4. The van der Waals surface area contributed by atoms with Crippen LogP contribution in [0, 0.1) is 0 Å². The molecule has 59 heavy (non-hydrogen) atoms. The van der Waals surface area contributed by atoms with Gasteiger partial charge in [0.1, 0.15) is 11.0 Å². The predicted molar refractivity (Wildman–Crippen MR) is 262 cm³/mol. The average molecular weight is 819 g/mol. The summed E-state index contributed by atoms with van der Waals surface area (Å²) in [7, 11) is 0. The molecule has 8 aromatic carbocycles. The lowest BCUT2D eigenvalue weighted by Gasteiger charge is -2.16. The Labute approximate surface area is 358 Å². The third-order valence-corrected chi connectivity index (χ3v) is 14.0. The summed E-state index contributed by atoms with van der Waals surface area (Å²) in [5.41, 5.74) is 10.3. The number of fused-ring (bicyclic) bond motifs is 6. The van der Waals surface area contributed by atoms with Crippen molar-refractivity contribution in [2.24, 2.45) is 0 Å². The Bertz CT molecular complexity index is 2940. The molecule has 2 nitrogen and oxygen atoms in total. The average Bonchev–Trinajstić information content (AvgIpc) is 4.12. The van der Waals surface area contributed by atoms with Crippen molar-refractivity contribution in [3.63, 3.8) is 0 Å². The first-order chi connectivity index (χ1) is 29.1. The molecule has 0 bridgehead atoms. The van der Waals surface area contributed by atoms with Crippen LogP contribution in [-0.4, -0.2) is 8.75 Å². The Morgan fingerprint density at radius 2 is 0.678 bits per heavy atom. The molecule has 0 radical (unpaired) electrons. The van der Waals surface area contributed by atoms with E-state index in [4.69, 9.17) is 0 Å². The second-order valence-corrected chi connectivity index (χ2v) is 17.2. The van der Waals surface area contributed by atoms with Gasteiger partial charge in [0, 0.05) is 20.9 Å². The SMILES string of the molecule is CCc1c2ccccc2c(CC)c2cc3ccccc3cc12.CCc1c2ccccc2c(CC)c2ccccc12.c1csc(-c2ccc(-c3cccs3)c3nsnc23)c1. The van der Waals surface area contributed by atoms with Crippen molar-refractivity contribution in [1.82, 2.24) is 8.75 Å². The molecule has 0 spiro atoms. The Kier molecular flexibility index (Phi) is 11.3. The molecule has 0 aliphatic carbocycles. The predicted octanol–water partition coefficient (Wildman–Crippen LogP) is 16.5. The lowest BCUT2D eigenvalue weighted by molar-refractivity contribution is 1.15. The minimum atomic E-state index is 1.01. The van der Waals surface area contributed by atoms with Gasteiger partial charge in [-0.15, -0.1) is 22.7 Å². The first-order valence-electron chi connectivity index (χ1n) is 20.7. The van der Waals surface area contributed by atoms with Crippen LogP contribution in [0.5, 0.6) is 0 Å². The molecule has 11 rings (SSSR count). The molecule has 0 aliphatic rings. The number of nitrogens with zero attached hydrogens (tertiary/aromatic N) is 2. The number of hydrogen-bond donors (Lipinski definition) is 0. The van der Waals surface area contributed by atoms with E-state index in [-0.39, 0.29) is 0 Å². The normalized spacial score (nSPS) is 11.3. The lowest BCUT2D eigenvalue weighted by atomic mass is 9.88. The van der Waals surface area contributed by atoms with E-state index in [1.54, 1.807) is 22.7 Å². The molecule has 0 aliphatic heterocycles. The van der Waals surface area contributed by atoms with Crippen molar-refractivity contribution < 1.29 is 0 Å². The van der Waals surface area contributed by atoms with E-state index in [1.807, 2.05) is 0 Å². The highest BCUT2D eigenvalue weighted by Gasteiger charge is 2.15. The molecular weight excluding hydrogens is 773 g/mol. The fourth-order valence-electron chi connectivity index (χ4n) is 9.00. The van der Waals surface area contributed by atoms with Gasteiger partial charge >= 0.3 is 0 Å². The Balaban J connectivity index is 0.000000115. The summed E-state index contributed by atoms with van der Waals surface area (Å²) in [5, 5.41) is 18.3. The summed E-state index contributed by atoms with van der Waals surface area (Å²) in [6.45, 7) is 9.03. The van der Waals surface area contributed by atoms with Crippen molar-refractivity contribution in [3.8, 4) is 20.9 Å². The zero-order chi connectivity index (χ0) is 40.3. The highest BCUT2D eigenvalue weighted by molar-refractivity contribution is 7.14. The van der Waals surface area contributed by atoms with Crippen LogP contribution in [0.3, 0.4) is 0 Å². The monoisotopic (exact) mass is 818 g/mol. The zero-order valence-electron chi connectivity index (χ0n) is 34.0. The van der Waals surface area contributed by atoms with Gasteiger partial charge in [0.2, 0.25) is 0 Å². The fraction of sp³-hybridized carbons (Fsp3) is 0.148. The van der Waals surface area contributed by atoms with Crippen molar-refractivity contribution in [3.05, 3.63) is 179 Å². The van der Waals surface area contributed by atoms with Gasteiger partial charge in [0.25, 0.3) is 0 Å². The first-order valence-corrected chi connectivity index (χ1v) is 23.2. The van der Waals surface area contributed by atoms with Crippen LogP contribution in [0.15, 0.2) is 156 Å². The van der Waals surface area contributed by atoms with Crippen LogP contribution in [0.1, 0.15) is 49.9 Å². The van der Waals surface area contributed by atoms with E-state index in [0.717, 1.165) is 36.7 Å². The van der Waals surface area contributed by atoms with E-state index < -0.39 is 0 Å². The molecule has 3 aromatic heterocycles. The van der Waals surface area contributed by atoms with Crippen molar-refractivity contribution in [2.75, 3.05) is 0 Å². The molecule has 0 unspecified atom stereocenters. The first kappa shape index (κ1) is 38.8. The van der Waals surface area contributed by atoms with Gasteiger partial charge in [-0.1, -0.05) is 149 Å². The van der Waals surface area contributed by atoms with Crippen LogP contribution in [-0.2, 0) is 25.7 Å². The summed E-state index contributed by atoms with van der Waals surface area (Å²) in [4.78, 5) is 2.49. The summed E-state index contributed by atoms with van der Waals surface area (Å²) in [6.07, 6.45) is 4.31. The van der Waals surface area contributed by atoms with Crippen LogP contribution < -0.4 is 0 Å². The molecule has 5 heteroatoms. The zero-order valence-corrected chi connectivity index (χ0v) is 36.4. The molecule has 0 N–H and O–H groups in total. The summed E-state index contributed by atoms with van der Waals surface area (Å²) in [6, 6.07) is 52.7. The van der Waals surface area contributed by atoms with Gasteiger partial charge in [-0.05, 0) is 137 Å². The molecule has 0 saturated carbocycles. The van der Waals surface area contributed by atoms with Crippen LogP contribution in [0.2, 0.25) is 0 Å². The molecule has 0 fully saturated rings. The van der Waals surface area contributed by atoms with Gasteiger partial charge in [-0.3, -0.25) is 0 Å². The Morgan fingerprint density at radius 1 is 0.356 bits per heavy atom. The third-order valence-electron chi connectivity index (χ3n) is 11.7. The molecular formula is C54H46N2S3. The van der Waals surface area contributed by atoms with Crippen molar-refractivity contribution >= 4 is 99.3 Å². The van der Waals surface area contributed by atoms with Gasteiger partial charge in [0.15, 0.2) is 0 Å². The van der Waals surface area contributed by atoms with Gasteiger partial charge < -0.3 is 0 Å². The molecule has 0 amide bonds. The summed E-state index contributed by atoms with van der Waals surface area (Å²) >= 11 is 4.76. The van der Waals surface area contributed by atoms with Gasteiger partial charge in [0.05, 0.1) is 11.7 Å². The smallest absolute Gasteiger partial charge is 0.114 e. The quantitative estimate of drug-likeness (QED) is 0.156. The van der Waals surface area contributed by atoms with Crippen molar-refractivity contribution in [1.29, 1.82) is 0 Å². The highest BCUT2D eigenvalue weighted by Crippen LogP contribution is 2.39. The number of hydrogen-bond acceptors (Lipinski definition) is 5. The minimum Gasteiger partial charge on any atom is -0.172 e. The van der Waals surface area contributed by atoms with E-state index in [0.29, 0.717) is 0 Å². The standard InChI is InChI=1S/C22H20.C18H18.C14H8N2S3/c1-3-17-19-11-7-8-12-20(19)18(4-2)22-14-16-10-6-5-9-15(16)13-21(17)22;1-3-13-15-9-5-7-11-17(15)14(4-2)18-12-8-6-10-16(13)18;1-3-11(17-7-1)9-5-6-10(12-4-2-8-18-12)14-13(9)15-19-16-14/h5-14H,3-4H2,1-2H3;5-12H,3-4H2,1-2H3;1-8H. The molecule has 11 aromatic rings. The highest BCUT2D eigenvalue weighted by atomic mass is 32.1. The molecule has 0 atom stereocenters. The Morgan fingerprint density at radius 3 is 0.983 bits per heavy atom. The number of rotatable bonds is 6. The topological polar surface area (TPSA) is 25.8 Å². The summed E-state index contributed by atoms with van der Waals surface area (Å²) < 4.78 is 8.97. The van der Waals surface area contributed by atoms with Gasteiger partial charge in [-0.2, -0.15) is 8.75 Å². The number of thiophene rings is 2. The number of benzene rings is 8. The molecule has 290 valence electrons. The fourth-order valence-corrected chi connectivity index (χ4v) is 11.1.